The van der Waals surface area contributed by atoms with Crippen molar-refractivity contribution in [1.82, 2.24) is 19.7 Å². The Balaban J connectivity index is 1.35. The molecule has 0 bridgehead atoms. The summed E-state index contributed by atoms with van der Waals surface area (Å²) in [6, 6.07) is 3.94. The summed E-state index contributed by atoms with van der Waals surface area (Å²) in [5, 5.41) is 19.4. The molecule has 0 radical (unpaired) electrons. The van der Waals surface area contributed by atoms with Gasteiger partial charge >= 0.3 is 0 Å². The molecule has 29 heavy (non-hydrogen) atoms. The summed E-state index contributed by atoms with van der Waals surface area (Å²) < 4.78 is 16.5. The second-order valence-corrected chi connectivity index (χ2v) is 9.61. The number of phenolic OH excluding ortho intramolecular Hbond substituents is 1. The molecule has 2 atom stereocenters. The van der Waals surface area contributed by atoms with Gasteiger partial charge in [-0.15, -0.1) is 5.10 Å². The van der Waals surface area contributed by atoms with Gasteiger partial charge in [0, 0.05) is 19.6 Å². The van der Waals surface area contributed by atoms with E-state index >= 15 is 0 Å². The molecule has 8 heteroatoms. The SMILES string of the molecule is Cc1cc(O)c(-n2cc3sc(NC[C@@H]4C[C@@H](F)CN(C)C4)nc3n2)c(C2CC2)c1. The number of piperidine rings is 1. The topological polar surface area (TPSA) is 66.2 Å². The Morgan fingerprint density at radius 1 is 1.31 bits per heavy atom. The maximum Gasteiger partial charge on any atom is 0.194 e. The highest BCUT2D eigenvalue weighted by molar-refractivity contribution is 7.22. The van der Waals surface area contributed by atoms with Crippen molar-refractivity contribution < 1.29 is 9.50 Å². The number of thiazole rings is 1. The highest BCUT2D eigenvalue weighted by atomic mass is 32.1. The monoisotopic (exact) mass is 415 g/mol. The molecular weight excluding hydrogens is 389 g/mol. The zero-order chi connectivity index (χ0) is 20.1. The standard InChI is InChI=1S/C21H26FN5OS/c1-12-5-16(14-3-4-14)19(17(28)6-12)27-11-18-20(25-27)24-21(29-18)23-8-13-7-15(22)10-26(2)9-13/h5-6,11,13-15,28H,3-4,7-10H2,1-2H3,(H,23,24,25)/t13-,15+/m0/s1. The average Bonchev–Trinajstić information content (AvgIpc) is 3.31. The van der Waals surface area contributed by atoms with Crippen LogP contribution in [0.1, 0.15) is 36.3 Å². The molecule has 0 spiro atoms. The summed E-state index contributed by atoms with van der Waals surface area (Å²) in [5.41, 5.74) is 3.68. The van der Waals surface area contributed by atoms with Gasteiger partial charge in [-0.1, -0.05) is 17.4 Å². The number of rotatable bonds is 5. The Morgan fingerprint density at radius 2 is 2.14 bits per heavy atom. The molecule has 3 heterocycles. The number of hydrogen-bond donors (Lipinski definition) is 2. The minimum Gasteiger partial charge on any atom is -0.506 e. The van der Waals surface area contributed by atoms with Crippen molar-refractivity contribution in [3.8, 4) is 11.4 Å². The number of nitrogens with one attached hydrogen (secondary N) is 1. The first-order chi connectivity index (χ1) is 14.0. The number of aromatic nitrogens is 3. The molecule has 1 saturated carbocycles. The van der Waals surface area contributed by atoms with Gasteiger partial charge in [0.05, 0.1) is 10.9 Å². The molecule has 6 nitrogen and oxygen atoms in total. The quantitative estimate of drug-likeness (QED) is 0.657. The maximum absolute atomic E-state index is 13.8. The van der Waals surface area contributed by atoms with Crippen LogP contribution in [-0.2, 0) is 0 Å². The van der Waals surface area contributed by atoms with Crippen LogP contribution in [0, 0.1) is 12.8 Å². The van der Waals surface area contributed by atoms with E-state index in [0.717, 1.165) is 46.0 Å². The van der Waals surface area contributed by atoms with E-state index in [9.17, 15) is 9.50 Å². The van der Waals surface area contributed by atoms with Gasteiger partial charge in [0.1, 0.15) is 17.6 Å². The molecule has 0 unspecified atom stereocenters. The van der Waals surface area contributed by atoms with Gasteiger partial charge in [-0.25, -0.2) is 9.07 Å². The van der Waals surface area contributed by atoms with Gasteiger partial charge in [0.15, 0.2) is 10.8 Å². The first-order valence-corrected chi connectivity index (χ1v) is 11.0. The summed E-state index contributed by atoms with van der Waals surface area (Å²) >= 11 is 1.55. The Labute approximate surface area is 173 Å². The average molecular weight is 416 g/mol. The normalized spacial score (nSPS) is 23.0. The van der Waals surface area contributed by atoms with Crippen molar-refractivity contribution in [3.63, 3.8) is 0 Å². The lowest BCUT2D eigenvalue weighted by atomic mass is 9.97. The number of nitrogens with zero attached hydrogens (tertiary/aromatic N) is 4. The van der Waals surface area contributed by atoms with E-state index in [1.165, 1.54) is 0 Å². The summed E-state index contributed by atoms with van der Waals surface area (Å²) in [6.07, 6.45) is 4.12. The lowest BCUT2D eigenvalue weighted by Crippen LogP contribution is -2.41. The number of phenols is 1. The minimum atomic E-state index is -0.749. The molecule has 0 amide bonds. The van der Waals surface area contributed by atoms with Gasteiger partial charge < -0.3 is 15.3 Å². The molecule has 2 fully saturated rings. The van der Waals surface area contributed by atoms with Crippen LogP contribution < -0.4 is 5.32 Å². The fourth-order valence-electron chi connectivity index (χ4n) is 4.40. The zero-order valence-corrected chi connectivity index (χ0v) is 17.5. The van der Waals surface area contributed by atoms with E-state index in [1.807, 2.05) is 20.2 Å². The van der Waals surface area contributed by atoms with Crippen LogP contribution in [0.2, 0.25) is 0 Å². The van der Waals surface area contributed by atoms with Crippen molar-refractivity contribution >= 4 is 26.8 Å². The van der Waals surface area contributed by atoms with Crippen LogP contribution >= 0.6 is 11.3 Å². The Morgan fingerprint density at radius 3 is 2.86 bits per heavy atom. The first-order valence-electron chi connectivity index (χ1n) is 10.2. The summed E-state index contributed by atoms with van der Waals surface area (Å²) in [7, 11) is 1.97. The molecule has 5 rings (SSSR count). The van der Waals surface area contributed by atoms with Crippen LogP contribution in [0.4, 0.5) is 9.52 Å². The number of aryl methyl sites for hydroxylation is 1. The lowest BCUT2D eigenvalue weighted by Gasteiger charge is -2.32. The second-order valence-electron chi connectivity index (χ2n) is 8.58. The van der Waals surface area contributed by atoms with E-state index in [4.69, 9.17) is 0 Å². The van der Waals surface area contributed by atoms with Gasteiger partial charge in [0.25, 0.3) is 0 Å². The van der Waals surface area contributed by atoms with E-state index in [0.29, 0.717) is 31.1 Å². The minimum absolute atomic E-state index is 0.266. The predicted octanol–water partition coefficient (Wildman–Crippen LogP) is 4.08. The van der Waals surface area contributed by atoms with Crippen molar-refractivity contribution in [2.75, 3.05) is 32.0 Å². The number of aromatic hydroxyl groups is 1. The van der Waals surface area contributed by atoms with Crippen molar-refractivity contribution in [3.05, 3.63) is 29.5 Å². The van der Waals surface area contributed by atoms with Crippen molar-refractivity contribution in [2.45, 2.75) is 38.3 Å². The maximum atomic E-state index is 13.8. The summed E-state index contributed by atoms with van der Waals surface area (Å²) in [6.45, 7) is 4.15. The van der Waals surface area contributed by atoms with Crippen LogP contribution in [-0.4, -0.2) is 57.6 Å². The number of halogens is 1. The third-order valence-electron chi connectivity index (χ3n) is 5.80. The Bertz CT molecular complexity index is 1000. The van der Waals surface area contributed by atoms with Crippen molar-refractivity contribution in [2.24, 2.45) is 5.92 Å². The molecule has 2 aliphatic rings. The molecule has 1 aromatic carbocycles. The largest absolute Gasteiger partial charge is 0.506 e. The van der Waals surface area contributed by atoms with Crippen LogP contribution in [0.3, 0.4) is 0 Å². The van der Waals surface area contributed by atoms with Gasteiger partial charge in [-0.05, 0) is 62.3 Å². The second kappa shape index (κ2) is 7.25. The highest BCUT2D eigenvalue weighted by Crippen LogP contribution is 2.45. The van der Waals surface area contributed by atoms with E-state index in [1.54, 1.807) is 22.1 Å². The number of alkyl halides is 1. The zero-order valence-electron chi connectivity index (χ0n) is 16.7. The molecule has 1 aliphatic heterocycles. The number of fused-ring (bicyclic) bond motifs is 1. The molecule has 2 N–H and O–H groups in total. The number of hydrogen-bond acceptors (Lipinski definition) is 6. The van der Waals surface area contributed by atoms with E-state index in [2.05, 4.69) is 26.4 Å². The first kappa shape index (κ1) is 18.8. The molecular formula is C21H26FN5OS. The van der Waals surface area contributed by atoms with Crippen LogP contribution in [0.5, 0.6) is 5.75 Å². The summed E-state index contributed by atoms with van der Waals surface area (Å²) in [5.74, 6) is 1.06. The fourth-order valence-corrected chi connectivity index (χ4v) is 5.22. The number of likely N-dealkylation sites (tertiary alicyclic amines) is 1. The molecule has 1 aliphatic carbocycles. The van der Waals surface area contributed by atoms with E-state index in [-0.39, 0.29) is 11.7 Å². The van der Waals surface area contributed by atoms with Gasteiger partial charge in [0.2, 0.25) is 0 Å². The highest BCUT2D eigenvalue weighted by Gasteiger charge is 2.29. The van der Waals surface area contributed by atoms with E-state index < -0.39 is 6.17 Å². The Kier molecular flexibility index (Phi) is 4.70. The number of anilines is 1. The Hall–Kier alpha value is -2.19. The smallest absolute Gasteiger partial charge is 0.194 e. The van der Waals surface area contributed by atoms with Gasteiger partial charge in [-0.2, -0.15) is 4.98 Å². The third kappa shape index (κ3) is 3.83. The molecule has 3 aromatic rings. The van der Waals surface area contributed by atoms with Crippen molar-refractivity contribution in [1.29, 1.82) is 0 Å². The predicted molar refractivity (Wildman–Crippen MR) is 114 cm³/mol. The molecule has 2 aromatic heterocycles. The van der Waals surface area contributed by atoms with Crippen LogP contribution in [0.15, 0.2) is 18.3 Å². The third-order valence-corrected chi connectivity index (χ3v) is 6.73. The fraction of sp³-hybridized carbons (Fsp3) is 0.524. The summed E-state index contributed by atoms with van der Waals surface area (Å²) in [4.78, 5) is 6.66. The molecule has 1 saturated heterocycles. The lowest BCUT2D eigenvalue weighted by molar-refractivity contribution is 0.122. The van der Waals surface area contributed by atoms with Gasteiger partial charge in [-0.3, -0.25) is 0 Å². The number of benzene rings is 1. The van der Waals surface area contributed by atoms with Crippen LogP contribution in [0.25, 0.3) is 16.0 Å². The molecule has 154 valence electrons.